The monoisotopic (exact) mass is 290 g/mol. The minimum Gasteiger partial charge on any atom is -0.497 e. The maximum absolute atomic E-state index is 11.3. The molecule has 21 heavy (non-hydrogen) atoms. The molecule has 1 aromatic rings. The zero-order chi connectivity index (χ0) is 15.7. The van der Waals surface area contributed by atoms with Crippen molar-refractivity contribution < 1.29 is 14.6 Å². The molecule has 0 saturated carbocycles. The van der Waals surface area contributed by atoms with Crippen molar-refractivity contribution in [2.45, 2.75) is 13.0 Å². The Balaban J connectivity index is 2.81. The number of carbonyl (C=O) groups is 1. The lowest BCUT2D eigenvalue weighted by Crippen LogP contribution is -2.26. The molecule has 1 rings (SSSR count). The van der Waals surface area contributed by atoms with Crippen LogP contribution >= 0.6 is 0 Å². The van der Waals surface area contributed by atoms with Crippen molar-refractivity contribution in [3.05, 3.63) is 29.3 Å². The molecule has 0 aromatic heterocycles. The van der Waals surface area contributed by atoms with Crippen LogP contribution in [0, 0.1) is 11.8 Å². The van der Waals surface area contributed by atoms with E-state index in [1.165, 1.54) is 0 Å². The predicted octanol–water partition coefficient (Wildman–Crippen LogP) is 0.607. The highest BCUT2D eigenvalue weighted by Crippen LogP contribution is 2.18. The summed E-state index contributed by atoms with van der Waals surface area (Å²) in [5.74, 6) is 6.38. The highest BCUT2D eigenvalue weighted by Gasteiger charge is 2.08. The molecule has 5 nitrogen and oxygen atoms in total. The number of amides is 1. The molecule has 5 heteroatoms. The van der Waals surface area contributed by atoms with E-state index in [4.69, 9.17) is 9.84 Å². The Kier molecular flexibility index (Phi) is 7.30. The summed E-state index contributed by atoms with van der Waals surface area (Å²) in [6.45, 7) is 1.14. The van der Waals surface area contributed by atoms with Crippen LogP contribution in [0.2, 0.25) is 0 Å². The number of hydrogen-bond donors (Lipinski definition) is 2. The molecule has 1 amide bonds. The fraction of sp³-hybridized carbons (Fsp3) is 0.438. The van der Waals surface area contributed by atoms with E-state index in [1.54, 1.807) is 14.2 Å². The van der Waals surface area contributed by atoms with Gasteiger partial charge in [0.1, 0.15) is 12.4 Å². The van der Waals surface area contributed by atoms with Crippen LogP contribution in [-0.4, -0.2) is 50.3 Å². The predicted molar refractivity (Wildman–Crippen MR) is 82.0 cm³/mol. The van der Waals surface area contributed by atoms with Crippen LogP contribution in [0.4, 0.5) is 0 Å². The van der Waals surface area contributed by atoms with Crippen molar-refractivity contribution in [2.75, 3.05) is 34.4 Å². The largest absolute Gasteiger partial charge is 0.497 e. The molecule has 2 N–H and O–H groups in total. The molecule has 0 unspecified atom stereocenters. The van der Waals surface area contributed by atoms with Gasteiger partial charge >= 0.3 is 0 Å². The van der Waals surface area contributed by atoms with E-state index in [1.807, 2.05) is 30.1 Å². The first-order valence-electron chi connectivity index (χ1n) is 6.76. The van der Waals surface area contributed by atoms with E-state index in [0.717, 1.165) is 16.9 Å². The standard InChI is InChI=1S/C16H22N2O3/c1-17-16(20)8-9-18(2)12-14-11-15(21-3)7-6-13(14)5-4-10-19/h6-7,11,19H,8-10,12H2,1-3H3,(H,17,20). The van der Waals surface area contributed by atoms with Crippen LogP contribution in [0.25, 0.3) is 0 Å². The van der Waals surface area contributed by atoms with Gasteiger partial charge in [-0.15, -0.1) is 0 Å². The molecule has 0 bridgehead atoms. The number of hydrogen-bond acceptors (Lipinski definition) is 4. The first kappa shape index (κ1) is 17.0. The smallest absolute Gasteiger partial charge is 0.221 e. The highest BCUT2D eigenvalue weighted by molar-refractivity contribution is 5.75. The molecule has 0 spiro atoms. The van der Waals surface area contributed by atoms with Gasteiger partial charge in [0, 0.05) is 32.1 Å². The second kappa shape index (κ2) is 9.01. The first-order chi connectivity index (χ1) is 10.1. The summed E-state index contributed by atoms with van der Waals surface area (Å²) in [5.41, 5.74) is 1.87. The van der Waals surface area contributed by atoms with Crippen molar-refractivity contribution >= 4 is 5.91 Å². The lowest BCUT2D eigenvalue weighted by atomic mass is 10.1. The molecule has 0 atom stereocenters. The summed E-state index contributed by atoms with van der Waals surface area (Å²) < 4.78 is 5.23. The van der Waals surface area contributed by atoms with Gasteiger partial charge in [-0.25, -0.2) is 0 Å². The molecule has 0 fully saturated rings. The van der Waals surface area contributed by atoms with Crippen LogP contribution in [0.1, 0.15) is 17.5 Å². The van der Waals surface area contributed by atoms with Gasteiger partial charge in [-0.2, -0.15) is 0 Å². The Hall–Kier alpha value is -2.03. The number of nitrogens with one attached hydrogen (secondary N) is 1. The quantitative estimate of drug-likeness (QED) is 0.754. The molecule has 114 valence electrons. The Morgan fingerprint density at radius 1 is 1.48 bits per heavy atom. The third-order valence-electron chi connectivity index (χ3n) is 3.05. The maximum atomic E-state index is 11.3. The third kappa shape index (κ3) is 5.86. The molecular formula is C16H22N2O3. The summed E-state index contributed by atoms with van der Waals surface area (Å²) in [6.07, 6.45) is 0.453. The number of benzene rings is 1. The summed E-state index contributed by atoms with van der Waals surface area (Å²) >= 11 is 0. The SMILES string of the molecule is CNC(=O)CCN(C)Cc1cc(OC)ccc1C#CCO. The minimum absolute atomic E-state index is 0.0211. The number of methoxy groups -OCH3 is 1. The van der Waals surface area contributed by atoms with Gasteiger partial charge in [-0.1, -0.05) is 11.8 Å². The Morgan fingerprint density at radius 2 is 2.24 bits per heavy atom. The van der Waals surface area contributed by atoms with Crippen molar-refractivity contribution in [1.29, 1.82) is 0 Å². The third-order valence-corrected chi connectivity index (χ3v) is 3.05. The Bertz CT molecular complexity index is 532. The number of ether oxygens (including phenoxy) is 1. The molecule has 0 radical (unpaired) electrons. The van der Waals surface area contributed by atoms with Crippen LogP contribution in [0.15, 0.2) is 18.2 Å². The molecule has 0 heterocycles. The summed E-state index contributed by atoms with van der Waals surface area (Å²) in [6, 6.07) is 5.65. The molecule has 0 saturated heterocycles. The molecule has 0 aliphatic carbocycles. The van der Waals surface area contributed by atoms with Gasteiger partial charge in [-0.3, -0.25) is 4.79 Å². The first-order valence-corrected chi connectivity index (χ1v) is 6.76. The average molecular weight is 290 g/mol. The molecule has 0 aliphatic rings. The number of aliphatic hydroxyl groups excluding tert-OH is 1. The van der Waals surface area contributed by atoms with E-state index < -0.39 is 0 Å². The van der Waals surface area contributed by atoms with Crippen molar-refractivity contribution in [2.24, 2.45) is 0 Å². The summed E-state index contributed by atoms with van der Waals surface area (Å²) in [4.78, 5) is 13.3. The topological polar surface area (TPSA) is 61.8 Å². The van der Waals surface area contributed by atoms with Gasteiger partial charge in [0.15, 0.2) is 0 Å². The number of rotatable bonds is 6. The Labute approximate surface area is 125 Å². The second-order valence-corrected chi connectivity index (χ2v) is 4.64. The van der Waals surface area contributed by atoms with E-state index in [-0.39, 0.29) is 12.5 Å². The maximum Gasteiger partial charge on any atom is 0.221 e. The van der Waals surface area contributed by atoms with Crippen LogP contribution in [0.5, 0.6) is 5.75 Å². The van der Waals surface area contributed by atoms with Crippen molar-refractivity contribution in [3.8, 4) is 17.6 Å². The van der Waals surface area contributed by atoms with E-state index in [2.05, 4.69) is 17.2 Å². The van der Waals surface area contributed by atoms with E-state index in [0.29, 0.717) is 19.5 Å². The van der Waals surface area contributed by atoms with Crippen LogP contribution in [-0.2, 0) is 11.3 Å². The van der Waals surface area contributed by atoms with Gasteiger partial charge < -0.3 is 20.1 Å². The molecule has 1 aromatic carbocycles. The zero-order valence-corrected chi connectivity index (χ0v) is 12.8. The summed E-state index contributed by atoms with van der Waals surface area (Å²) in [5, 5.41) is 11.4. The molecular weight excluding hydrogens is 268 g/mol. The lowest BCUT2D eigenvalue weighted by molar-refractivity contribution is -0.120. The number of aliphatic hydroxyl groups is 1. The summed E-state index contributed by atoms with van der Waals surface area (Å²) in [7, 11) is 5.20. The van der Waals surface area contributed by atoms with Crippen molar-refractivity contribution in [1.82, 2.24) is 10.2 Å². The lowest BCUT2D eigenvalue weighted by Gasteiger charge is -2.17. The fourth-order valence-corrected chi connectivity index (χ4v) is 1.87. The normalized spacial score (nSPS) is 9.95. The van der Waals surface area contributed by atoms with Crippen molar-refractivity contribution in [3.63, 3.8) is 0 Å². The van der Waals surface area contributed by atoms with Crippen LogP contribution < -0.4 is 10.1 Å². The van der Waals surface area contributed by atoms with E-state index in [9.17, 15) is 4.79 Å². The van der Waals surface area contributed by atoms with Crippen LogP contribution in [0.3, 0.4) is 0 Å². The molecule has 0 aliphatic heterocycles. The number of carbonyl (C=O) groups excluding carboxylic acids is 1. The zero-order valence-electron chi connectivity index (χ0n) is 12.8. The van der Waals surface area contributed by atoms with Gasteiger partial charge in [0.25, 0.3) is 0 Å². The average Bonchev–Trinajstić information content (AvgIpc) is 2.51. The van der Waals surface area contributed by atoms with Gasteiger partial charge in [-0.05, 0) is 30.8 Å². The van der Waals surface area contributed by atoms with Gasteiger partial charge in [0.2, 0.25) is 5.91 Å². The van der Waals surface area contributed by atoms with E-state index >= 15 is 0 Å². The minimum atomic E-state index is -0.169. The van der Waals surface area contributed by atoms with Gasteiger partial charge in [0.05, 0.1) is 7.11 Å². The number of nitrogens with zero attached hydrogens (tertiary/aromatic N) is 1. The fourth-order valence-electron chi connectivity index (χ4n) is 1.87. The highest BCUT2D eigenvalue weighted by atomic mass is 16.5. The second-order valence-electron chi connectivity index (χ2n) is 4.64. The Morgan fingerprint density at radius 3 is 2.86 bits per heavy atom.